The molecule has 39 heavy (non-hydrogen) atoms. The fourth-order valence-corrected chi connectivity index (χ4v) is 4.87. The molecule has 3 aliphatic rings. The normalized spacial score (nSPS) is 17.5. The summed E-state index contributed by atoms with van der Waals surface area (Å²) in [5.74, 6) is -1.17. The summed E-state index contributed by atoms with van der Waals surface area (Å²) in [6.07, 6.45) is 3.62. The maximum atomic E-state index is 13.2. The zero-order valence-electron chi connectivity index (χ0n) is 21.2. The van der Waals surface area contributed by atoms with Crippen LogP contribution in [0.4, 0.5) is 35.2 Å². The Balaban J connectivity index is 0.000000392. The highest BCUT2D eigenvalue weighted by Gasteiger charge is 2.46. The molecule has 208 valence electrons. The van der Waals surface area contributed by atoms with E-state index in [9.17, 15) is 18.0 Å². The van der Waals surface area contributed by atoms with Gasteiger partial charge in [0, 0.05) is 61.6 Å². The average Bonchev–Trinajstić information content (AvgIpc) is 3.31. The van der Waals surface area contributed by atoms with Gasteiger partial charge >= 0.3 is 18.2 Å². The summed E-state index contributed by atoms with van der Waals surface area (Å²) in [5.41, 5.74) is 3.97. The predicted octanol–water partition coefficient (Wildman–Crippen LogP) is 2.61. The summed E-state index contributed by atoms with van der Waals surface area (Å²) < 4.78 is 38.9. The summed E-state index contributed by atoms with van der Waals surface area (Å²) in [6.45, 7) is 5.46. The van der Waals surface area contributed by atoms with Crippen LogP contribution in [0, 0.1) is 6.92 Å². The predicted molar refractivity (Wildman–Crippen MR) is 134 cm³/mol. The van der Waals surface area contributed by atoms with E-state index in [2.05, 4.69) is 36.6 Å². The summed E-state index contributed by atoms with van der Waals surface area (Å²) in [4.78, 5) is 39.6. The number of carboxylic acid groups (broad SMARTS) is 1. The third-order valence-electron chi connectivity index (χ3n) is 6.87. The van der Waals surface area contributed by atoms with Crippen LogP contribution in [0.1, 0.15) is 24.1 Å². The van der Waals surface area contributed by atoms with Crippen LogP contribution in [0.25, 0.3) is 5.78 Å². The number of carboxylic acids is 1. The molecule has 3 N–H and O–H groups in total. The van der Waals surface area contributed by atoms with Crippen molar-refractivity contribution in [1.29, 1.82) is 0 Å². The van der Waals surface area contributed by atoms with E-state index in [-0.39, 0.29) is 11.6 Å². The quantitative estimate of drug-likeness (QED) is 0.451. The van der Waals surface area contributed by atoms with Gasteiger partial charge in [-0.25, -0.2) is 19.6 Å². The summed E-state index contributed by atoms with van der Waals surface area (Å²) in [5, 5.41) is 13.7. The number of halogens is 3. The smallest absolute Gasteiger partial charge is 0.479 e. The highest BCUT2D eigenvalue weighted by atomic mass is 19.4. The number of aromatic nitrogens is 4. The topological polar surface area (TPSA) is 137 Å². The van der Waals surface area contributed by atoms with E-state index in [4.69, 9.17) is 14.6 Å². The molecule has 2 aliphatic heterocycles. The molecule has 12 nitrogen and oxygen atoms in total. The van der Waals surface area contributed by atoms with Crippen molar-refractivity contribution in [3.63, 3.8) is 0 Å². The largest absolute Gasteiger partial charge is 0.490 e. The van der Waals surface area contributed by atoms with Crippen LogP contribution in [0.2, 0.25) is 0 Å². The van der Waals surface area contributed by atoms with E-state index in [0.29, 0.717) is 23.9 Å². The van der Waals surface area contributed by atoms with Crippen LogP contribution in [-0.4, -0.2) is 81.5 Å². The SMILES string of the molecule is COc1nc2nc(C)cn2cc1NC(=O)N1CCc2c(N3CCNC4(CC4)C3)ccnc21.O=C(O)C(F)(F)F. The monoisotopic (exact) mass is 548 g/mol. The lowest BCUT2D eigenvalue weighted by molar-refractivity contribution is -0.192. The second-order valence-electron chi connectivity index (χ2n) is 9.65. The molecule has 1 aliphatic carbocycles. The number of hydrogen-bond acceptors (Lipinski definition) is 8. The highest BCUT2D eigenvalue weighted by Crippen LogP contribution is 2.41. The molecular formula is C24H27F3N8O4. The number of imidazole rings is 1. The number of rotatable bonds is 3. The minimum Gasteiger partial charge on any atom is -0.479 e. The van der Waals surface area contributed by atoms with Crippen molar-refractivity contribution in [3.05, 3.63) is 35.9 Å². The average molecular weight is 549 g/mol. The number of ether oxygens (including phenoxy) is 1. The Morgan fingerprint density at radius 2 is 1.95 bits per heavy atom. The van der Waals surface area contributed by atoms with Gasteiger partial charge in [0.1, 0.15) is 11.5 Å². The summed E-state index contributed by atoms with van der Waals surface area (Å²) >= 11 is 0. The van der Waals surface area contributed by atoms with Crippen LogP contribution in [0.15, 0.2) is 24.7 Å². The van der Waals surface area contributed by atoms with Crippen molar-refractivity contribution in [3.8, 4) is 5.88 Å². The third kappa shape index (κ3) is 5.39. The molecule has 3 aromatic rings. The third-order valence-corrected chi connectivity index (χ3v) is 6.87. The van der Waals surface area contributed by atoms with Crippen LogP contribution >= 0.6 is 0 Å². The Bertz CT molecular complexity index is 1420. The lowest BCUT2D eigenvalue weighted by Crippen LogP contribution is -2.52. The Morgan fingerprint density at radius 1 is 1.21 bits per heavy atom. The van der Waals surface area contributed by atoms with Gasteiger partial charge in [-0.2, -0.15) is 18.2 Å². The zero-order chi connectivity index (χ0) is 27.9. The van der Waals surface area contributed by atoms with E-state index in [1.807, 2.05) is 19.3 Å². The summed E-state index contributed by atoms with van der Waals surface area (Å²) in [6, 6.07) is 1.84. The number of hydrogen-bond donors (Lipinski definition) is 3. The van der Waals surface area contributed by atoms with Crippen LogP contribution < -0.4 is 25.2 Å². The van der Waals surface area contributed by atoms with Gasteiger partial charge in [-0.3, -0.25) is 9.30 Å². The number of carbonyl (C=O) groups excluding carboxylic acids is 1. The number of nitrogens with one attached hydrogen (secondary N) is 2. The Labute approximate surface area is 220 Å². The molecule has 6 rings (SSSR count). The second-order valence-corrected chi connectivity index (χ2v) is 9.65. The Hall–Kier alpha value is -4.14. The molecule has 1 spiro atoms. The number of aryl methyl sites for hydroxylation is 1. The molecule has 0 unspecified atom stereocenters. The molecule has 2 amide bonds. The fourth-order valence-electron chi connectivity index (χ4n) is 4.87. The first-order chi connectivity index (χ1) is 18.5. The number of methoxy groups -OCH3 is 1. The number of carbonyl (C=O) groups is 2. The molecule has 15 heteroatoms. The Morgan fingerprint density at radius 3 is 2.62 bits per heavy atom. The number of fused-ring (bicyclic) bond motifs is 2. The molecule has 1 saturated heterocycles. The number of alkyl halides is 3. The number of amides is 2. The van der Waals surface area contributed by atoms with Crippen LogP contribution in [0.3, 0.4) is 0 Å². The Kier molecular flexibility index (Phi) is 6.70. The molecule has 0 radical (unpaired) electrons. The first kappa shape index (κ1) is 26.5. The van der Waals surface area contributed by atoms with Crippen molar-refractivity contribution < 1.29 is 32.6 Å². The minimum atomic E-state index is -5.08. The molecule has 3 aromatic heterocycles. The molecule has 0 bridgehead atoms. The van der Waals surface area contributed by atoms with Crippen LogP contribution in [0.5, 0.6) is 5.88 Å². The standard InChI is InChI=1S/C22H26N8O2.C2HF3O2/c1-14-11-29-12-16(19(32-2)27-20(29)25-14)26-21(31)30-9-4-15-17(3-7-23-18(15)30)28-10-8-24-22(13-28)5-6-22;3-2(4,5)1(6)7/h3,7,11-12,24H,4-6,8-10,13H2,1-2H3,(H,26,31);(H,6,7). The minimum absolute atomic E-state index is 0.247. The van der Waals surface area contributed by atoms with Gasteiger partial charge in [0.05, 0.1) is 12.8 Å². The number of nitrogens with zero attached hydrogens (tertiary/aromatic N) is 6. The van der Waals surface area contributed by atoms with Gasteiger partial charge in [0.2, 0.25) is 11.7 Å². The molecule has 0 atom stereocenters. The first-order valence-electron chi connectivity index (χ1n) is 12.3. The molecule has 1 saturated carbocycles. The highest BCUT2D eigenvalue weighted by molar-refractivity contribution is 6.03. The van der Waals surface area contributed by atoms with Crippen LogP contribution in [-0.2, 0) is 11.2 Å². The van der Waals surface area contributed by atoms with Crippen molar-refractivity contribution in [2.45, 2.75) is 37.9 Å². The molecule has 5 heterocycles. The number of anilines is 3. The van der Waals surface area contributed by atoms with E-state index in [1.54, 1.807) is 15.5 Å². The van der Waals surface area contributed by atoms with Gasteiger partial charge < -0.3 is 25.4 Å². The molecular weight excluding hydrogens is 521 g/mol. The van der Waals surface area contributed by atoms with Crippen molar-refractivity contribution in [2.24, 2.45) is 0 Å². The van der Waals surface area contributed by atoms with Gasteiger partial charge in [-0.15, -0.1) is 0 Å². The van der Waals surface area contributed by atoms with Crippen molar-refractivity contribution >= 4 is 35.0 Å². The number of pyridine rings is 1. The maximum Gasteiger partial charge on any atom is 0.490 e. The number of piperazine rings is 1. The van der Waals surface area contributed by atoms with E-state index < -0.39 is 12.1 Å². The summed E-state index contributed by atoms with van der Waals surface area (Å²) in [7, 11) is 1.53. The number of aliphatic carboxylic acids is 1. The zero-order valence-corrected chi connectivity index (χ0v) is 21.2. The molecule has 2 fully saturated rings. The van der Waals surface area contributed by atoms with Gasteiger partial charge in [-0.05, 0) is 32.3 Å². The lowest BCUT2D eigenvalue weighted by Gasteiger charge is -2.36. The van der Waals surface area contributed by atoms with Crippen molar-refractivity contribution in [2.75, 3.05) is 48.4 Å². The van der Waals surface area contributed by atoms with Gasteiger partial charge in [0.15, 0.2) is 0 Å². The number of urea groups is 1. The van der Waals surface area contributed by atoms with Gasteiger partial charge in [-0.1, -0.05) is 0 Å². The maximum absolute atomic E-state index is 13.2. The second kappa shape index (κ2) is 9.87. The van der Waals surface area contributed by atoms with E-state index >= 15 is 0 Å². The van der Waals surface area contributed by atoms with E-state index in [1.165, 1.54) is 25.6 Å². The van der Waals surface area contributed by atoms with Gasteiger partial charge in [0.25, 0.3) is 0 Å². The first-order valence-corrected chi connectivity index (χ1v) is 12.3. The lowest BCUT2D eigenvalue weighted by atomic mass is 10.1. The fraction of sp³-hybridized carbons (Fsp3) is 0.458. The molecule has 0 aromatic carbocycles. The van der Waals surface area contributed by atoms with E-state index in [0.717, 1.165) is 43.1 Å². The van der Waals surface area contributed by atoms with Crippen molar-refractivity contribution in [1.82, 2.24) is 24.7 Å².